The molecule has 1 N–H and O–H groups in total. The van der Waals surface area contributed by atoms with Gasteiger partial charge in [-0.25, -0.2) is 0 Å². The lowest BCUT2D eigenvalue weighted by atomic mass is 9.95. The van der Waals surface area contributed by atoms with Gasteiger partial charge in [-0.15, -0.1) is 0 Å². The highest BCUT2D eigenvalue weighted by molar-refractivity contribution is 6.72. The average molecular weight is 380 g/mol. The summed E-state index contributed by atoms with van der Waals surface area (Å²) < 4.78 is 20.9. The van der Waals surface area contributed by atoms with Crippen LogP contribution in [0.2, 0.25) is 18.6 Å². The van der Waals surface area contributed by atoms with Gasteiger partial charge < -0.3 is 18.9 Å². The fourth-order valence-corrected chi connectivity index (χ4v) is 7.11. The van der Waals surface area contributed by atoms with E-state index in [0.29, 0.717) is 12.8 Å². The first-order valence-electron chi connectivity index (χ1n) is 9.66. The molecule has 2 saturated heterocycles. The lowest BCUT2D eigenvalue weighted by Crippen LogP contribution is -2.43. The Hall–Kier alpha value is -1.24. The van der Waals surface area contributed by atoms with E-state index in [1.165, 1.54) is 5.56 Å². The van der Waals surface area contributed by atoms with Crippen molar-refractivity contribution in [1.82, 2.24) is 0 Å². The number of amides is 1. The highest BCUT2D eigenvalue weighted by Crippen LogP contribution is 2.46. The van der Waals surface area contributed by atoms with Crippen molar-refractivity contribution in [2.24, 2.45) is 5.92 Å². The molecular formula is C20H30FNO3Si. The minimum absolute atomic E-state index is 0.0377. The standard InChI is InChI=1S/C20H30FNO3Si/c1-14-17(25-18(11-13-23)20(14)26(2,3)21)9-6-15-4-7-16(8-5-15)22-12-10-19(22)24/h4-5,7-8,14,17-18,20,23H,6,9-13H2,1-3H3/t14-,17+,18-,20+/m1/s1. The predicted molar refractivity (Wildman–Crippen MR) is 104 cm³/mol. The number of ether oxygens (including phenoxy) is 1. The number of aryl methyl sites for hydroxylation is 1. The van der Waals surface area contributed by atoms with E-state index in [-0.39, 0.29) is 36.2 Å². The molecule has 0 saturated carbocycles. The van der Waals surface area contributed by atoms with Gasteiger partial charge in [0.25, 0.3) is 0 Å². The van der Waals surface area contributed by atoms with E-state index in [9.17, 15) is 14.0 Å². The van der Waals surface area contributed by atoms with E-state index in [1.807, 2.05) is 12.1 Å². The number of aliphatic hydroxyl groups is 1. The molecule has 0 aromatic heterocycles. The quantitative estimate of drug-likeness (QED) is 0.447. The van der Waals surface area contributed by atoms with E-state index in [4.69, 9.17) is 4.74 Å². The number of rotatable bonds is 7. The molecule has 1 aromatic carbocycles. The van der Waals surface area contributed by atoms with Gasteiger partial charge in [0, 0.05) is 30.8 Å². The van der Waals surface area contributed by atoms with Crippen LogP contribution in [0.1, 0.15) is 31.7 Å². The third-order valence-electron chi connectivity index (χ3n) is 5.93. The Balaban J connectivity index is 1.59. The number of β-lactam (4-membered cyclic amide) rings is 1. The molecule has 0 spiro atoms. The summed E-state index contributed by atoms with van der Waals surface area (Å²) in [5, 5.41) is 9.29. The Labute approximate surface area is 156 Å². The summed E-state index contributed by atoms with van der Waals surface area (Å²) in [5.41, 5.74) is 2.11. The summed E-state index contributed by atoms with van der Waals surface area (Å²) in [6.45, 7) is 6.45. The Morgan fingerprint density at radius 2 is 1.92 bits per heavy atom. The number of carbonyl (C=O) groups excluding carboxylic acids is 1. The minimum atomic E-state index is -2.84. The largest absolute Gasteiger partial charge is 0.396 e. The van der Waals surface area contributed by atoms with Crippen LogP contribution in [0.4, 0.5) is 9.80 Å². The zero-order valence-corrected chi connectivity index (χ0v) is 17.0. The van der Waals surface area contributed by atoms with Crippen molar-refractivity contribution in [2.75, 3.05) is 18.1 Å². The number of benzene rings is 1. The number of nitrogens with zero attached hydrogens (tertiary/aromatic N) is 1. The van der Waals surface area contributed by atoms with Crippen LogP contribution in [0.5, 0.6) is 0 Å². The number of halogens is 1. The molecule has 4 nitrogen and oxygen atoms in total. The minimum Gasteiger partial charge on any atom is -0.396 e. The number of hydrogen-bond acceptors (Lipinski definition) is 3. The Bertz CT molecular complexity index is 631. The van der Waals surface area contributed by atoms with E-state index in [1.54, 1.807) is 18.0 Å². The number of hydrogen-bond donors (Lipinski definition) is 1. The average Bonchev–Trinajstić information content (AvgIpc) is 2.89. The summed E-state index contributed by atoms with van der Waals surface area (Å²) in [6, 6.07) is 8.13. The fraction of sp³-hybridized carbons (Fsp3) is 0.650. The molecule has 0 aliphatic carbocycles. The zero-order chi connectivity index (χ0) is 18.9. The van der Waals surface area contributed by atoms with Crippen molar-refractivity contribution in [1.29, 1.82) is 0 Å². The lowest BCUT2D eigenvalue weighted by Gasteiger charge is -2.30. The van der Waals surface area contributed by atoms with Crippen LogP contribution in [0.15, 0.2) is 24.3 Å². The molecule has 26 heavy (non-hydrogen) atoms. The van der Waals surface area contributed by atoms with Crippen molar-refractivity contribution in [2.45, 2.75) is 63.5 Å². The Kier molecular flexibility index (Phi) is 5.84. The van der Waals surface area contributed by atoms with Crippen LogP contribution < -0.4 is 4.90 Å². The maximum absolute atomic E-state index is 14.8. The molecule has 3 rings (SSSR count). The van der Waals surface area contributed by atoms with Gasteiger partial charge in [0.1, 0.15) is 0 Å². The third-order valence-corrected chi connectivity index (χ3v) is 8.41. The molecule has 4 atom stereocenters. The Morgan fingerprint density at radius 3 is 2.42 bits per heavy atom. The van der Waals surface area contributed by atoms with Crippen LogP contribution in [0.25, 0.3) is 0 Å². The number of anilines is 1. The fourth-order valence-electron chi connectivity index (χ4n) is 4.52. The van der Waals surface area contributed by atoms with Gasteiger partial charge in [0.05, 0.1) is 12.2 Å². The molecule has 0 bridgehead atoms. The molecule has 2 aliphatic rings. The second-order valence-corrected chi connectivity index (χ2v) is 12.0. The maximum atomic E-state index is 14.8. The third kappa shape index (κ3) is 4.02. The summed E-state index contributed by atoms with van der Waals surface area (Å²) in [5.74, 6) is 0.362. The molecule has 1 amide bonds. The van der Waals surface area contributed by atoms with Crippen LogP contribution in [-0.2, 0) is 16.0 Å². The van der Waals surface area contributed by atoms with Crippen LogP contribution in [-0.4, -0.2) is 44.8 Å². The van der Waals surface area contributed by atoms with Gasteiger partial charge in [-0.05, 0) is 56.0 Å². The van der Waals surface area contributed by atoms with Gasteiger partial charge in [-0.2, -0.15) is 0 Å². The van der Waals surface area contributed by atoms with Crippen LogP contribution in [0.3, 0.4) is 0 Å². The monoisotopic (exact) mass is 379 g/mol. The normalized spacial score (nSPS) is 29.1. The second kappa shape index (κ2) is 7.78. The first-order chi connectivity index (χ1) is 12.3. The van der Waals surface area contributed by atoms with Gasteiger partial charge in [0.15, 0.2) is 0 Å². The SMILES string of the molecule is C[C@H]1[C@H]([Si](C)(C)F)[C@@H](CCO)O[C@H]1CCc1ccc(N2CCC2=O)cc1. The summed E-state index contributed by atoms with van der Waals surface area (Å²) in [6.07, 6.45) is 2.76. The van der Waals surface area contributed by atoms with Gasteiger partial charge in [0.2, 0.25) is 14.3 Å². The zero-order valence-electron chi connectivity index (χ0n) is 16.0. The van der Waals surface area contributed by atoms with Crippen molar-refractivity contribution < 1.29 is 18.7 Å². The molecule has 2 heterocycles. The van der Waals surface area contributed by atoms with Gasteiger partial charge >= 0.3 is 0 Å². The van der Waals surface area contributed by atoms with Crippen molar-refractivity contribution in [3.63, 3.8) is 0 Å². The molecule has 0 radical (unpaired) electrons. The van der Waals surface area contributed by atoms with E-state index < -0.39 is 8.41 Å². The molecule has 1 aromatic rings. The lowest BCUT2D eigenvalue weighted by molar-refractivity contribution is -0.122. The molecule has 0 unspecified atom stereocenters. The highest BCUT2D eigenvalue weighted by Gasteiger charge is 2.50. The van der Waals surface area contributed by atoms with Gasteiger partial charge in [-0.3, -0.25) is 4.79 Å². The summed E-state index contributed by atoms with van der Waals surface area (Å²) in [4.78, 5) is 13.3. The molecule has 6 heteroatoms. The van der Waals surface area contributed by atoms with Crippen LogP contribution in [0, 0.1) is 5.92 Å². The van der Waals surface area contributed by atoms with Gasteiger partial charge in [-0.1, -0.05) is 19.1 Å². The number of aliphatic hydroxyl groups excluding tert-OH is 1. The number of carbonyl (C=O) groups is 1. The first-order valence-corrected chi connectivity index (χ1v) is 12.6. The summed E-state index contributed by atoms with van der Waals surface area (Å²) >= 11 is 0. The highest BCUT2D eigenvalue weighted by atomic mass is 28.4. The Morgan fingerprint density at radius 1 is 1.23 bits per heavy atom. The molecule has 2 aliphatic heterocycles. The smallest absolute Gasteiger partial charge is 0.246 e. The first kappa shape index (κ1) is 19.5. The van der Waals surface area contributed by atoms with E-state index >= 15 is 0 Å². The van der Waals surface area contributed by atoms with Crippen LogP contribution >= 0.6 is 0 Å². The topological polar surface area (TPSA) is 49.8 Å². The maximum Gasteiger partial charge on any atom is 0.246 e. The molecule has 144 valence electrons. The van der Waals surface area contributed by atoms with Crippen molar-refractivity contribution in [3.8, 4) is 0 Å². The van der Waals surface area contributed by atoms with Crippen molar-refractivity contribution in [3.05, 3.63) is 29.8 Å². The second-order valence-electron chi connectivity index (χ2n) is 8.18. The van der Waals surface area contributed by atoms with Crippen molar-refractivity contribution >= 4 is 20.0 Å². The van der Waals surface area contributed by atoms with E-state index in [2.05, 4.69) is 19.1 Å². The molecule has 2 fully saturated rings. The van der Waals surface area contributed by atoms with E-state index in [0.717, 1.165) is 25.1 Å². The summed E-state index contributed by atoms with van der Waals surface area (Å²) in [7, 11) is -2.84. The molecular weight excluding hydrogens is 349 g/mol. The predicted octanol–water partition coefficient (Wildman–Crippen LogP) is 3.69.